The molecule has 8 heteroatoms. The van der Waals surface area contributed by atoms with Gasteiger partial charge in [-0.15, -0.1) is 0 Å². The number of amides is 2. The van der Waals surface area contributed by atoms with E-state index in [0.29, 0.717) is 17.5 Å². The molecule has 0 saturated heterocycles. The number of nitrogens with one attached hydrogen (secondary N) is 2. The first-order valence-corrected chi connectivity index (χ1v) is 9.87. The highest BCUT2D eigenvalue weighted by Gasteiger charge is 2.25. The predicted octanol–water partition coefficient (Wildman–Crippen LogP) is 4.40. The molecule has 30 heavy (non-hydrogen) atoms. The molecule has 1 aliphatic carbocycles. The fourth-order valence-corrected chi connectivity index (χ4v) is 3.83. The molecule has 1 aliphatic rings. The van der Waals surface area contributed by atoms with Crippen LogP contribution in [-0.2, 0) is 9.59 Å². The van der Waals surface area contributed by atoms with Crippen LogP contribution in [-0.4, -0.2) is 17.0 Å². The predicted molar refractivity (Wildman–Crippen MR) is 104 cm³/mol. The Bertz CT molecular complexity index is 889. The molecule has 1 atom stereocenters. The minimum atomic E-state index is -1.55. The summed E-state index contributed by atoms with van der Waals surface area (Å²) in [6, 6.07) is 6.60. The summed E-state index contributed by atoms with van der Waals surface area (Å²) in [6.07, 6.45) is 5.60. The fraction of sp³-hybridized carbons (Fsp3) is 0.364. The molecule has 2 amide bonds. The van der Waals surface area contributed by atoms with Crippen LogP contribution in [0, 0.1) is 23.4 Å². The number of carbonyl (C=O) groups excluding carboxylic acids is 2. The molecule has 3 N–H and O–H groups in total. The molecule has 160 valence electrons. The Morgan fingerprint density at radius 1 is 0.967 bits per heavy atom. The van der Waals surface area contributed by atoms with Gasteiger partial charge in [0.2, 0.25) is 5.91 Å². The van der Waals surface area contributed by atoms with Crippen LogP contribution in [0.5, 0.6) is 0 Å². The molecule has 3 rings (SSSR count). The molecular weight excluding hydrogens is 397 g/mol. The number of carbonyl (C=O) groups is 2. The zero-order valence-corrected chi connectivity index (χ0v) is 16.3. The number of hydroxylamine groups is 1. The minimum Gasteiger partial charge on any atom is -0.340 e. The molecule has 2 aromatic carbocycles. The van der Waals surface area contributed by atoms with Crippen LogP contribution in [0.15, 0.2) is 36.4 Å². The lowest BCUT2D eigenvalue weighted by atomic mass is 9.86. The number of rotatable bonds is 6. The fourth-order valence-electron chi connectivity index (χ4n) is 3.83. The summed E-state index contributed by atoms with van der Waals surface area (Å²) in [6.45, 7) is 0. The van der Waals surface area contributed by atoms with E-state index >= 15 is 0 Å². The molecule has 0 heterocycles. The number of hydrogen-bond acceptors (Lipinski definition) is 3. The lowest BCUT2D eigenvalue weighted by Gasteiger charge is -2.23. The third-order valence-electron chi connectivity index (χ3n) is 5.44. The second-order valence-electron chi connectivity index (χ2n) is 7.56. The summed E-state index contributed by atoms with van der Waals surface area (Å²) in [4.78, 5) is 24.5. The van der Waals surface area contributed by atoms with Gasteiger partial charge >= 0.3 is 0 Å². The van der Waals surface area contributed by atoms with Crippen molar-refractivity contribution in [3.8, 4) is 11.1 Å². The van der Waals surface area contributed by atoms with Crippen LogP contribution < -0.4 is 10.8 Å². The summed E-state index contributed by atoms with van der Waals surface area (Å²) in [5.41, 5.74) is 2.45. The molecule has 1 fully saturated rings. The van der Waals surface area contributed by atoms with Crippen LogP contribution in [0.4, 0.5) is 13.2 Å². The van der Waals surface area contributed by atoms with Crippen molar-refractivity contribution in [3.05, 3.63) is 59.4 Å². The quantitative estimate of drug-likeness (QED) is 0.368. The van der Waals surface area contributed by atoms with Gasteiger partial charge in [-0.3, -0.25) is 14.8 Å². The van der Waals surface area contributed by atoms with Crippen molar-refractivity contribution >= 4 is 11.8 Å². The van der Waals surface area contributed by atoms with E-state index in [4.69, 9.17) is 5.21 Å². The molecule has 1 saturated carbocycles. The molecule has 0 aromatic heterocycles. The zero-order chi connectivity index (χ0) is 21.7. The maximum Gasteiger partial charge on any atom is 0.270 e. The first kappa shape index (κ1) is 21.8. The monoisotopic (exact) mass is 420 g/mol. The lowest BCUT2D eigenvalue weighted by Crippen LogP contribution is -2.39. The Morgan fingerprint density at radius 2 is 1.57 bits per heavy atom. The SMILES string of the molecule is O=C(CC1CCCCC1)N[C@@H](C(=O)NO)c1ccc(-c2cc(F)c(F)c(F)c2)cc1. The van der Waals surface area contributed by atoms with Gasteiger partial charge in [-0.05, 0) is 47.6 Å². The molecule has 0 radical (unpaired) electrons. The average Bonchev–Trinajstić information content (AvgIpc) is 2.76. The first-order valence-electron chi connectivity index (χ1n) is 9.87. The Kier molecular flexibility index (Phi) is 7.10. The number of halogens is 3. The van der Waals surface area contributed by atoms with E-state index in [1.165, 1.54) is 30.7 Å². The largest absolute Gasteiger partial charge is 0.340 e. The summed E-state index contributed by atoms with van der Waals surface area (Å²) in [5, 5.41) is 11.7. The van der Waals surface area contributed by atoms with E-state index in [-0.39, 0.29) is 17.4 Å². The van der Waals surface area contributed by atoms with Crippen molar-refractivity contribution in [2.75, 3.05) is 0 Å². The second kappa shape index (κ2) is 9.75. The minimum absolute atomic E-state index is 0.127. The van der Waals surface area contributed by atoms with Gasteiger partial charge in [-0.1, -0.05) is 43.5 Å². The zero-order valence-electron chi connectivity index (χ0n) is 16.3. The van der Waals surface area contributed by atoms with E-state index < -0.39 is 29.4 Å². The summed E-state index contributed by atoms with van der Waals surface area (Å²) in [5.74, 6) is -4.97. The molecule has 0 spiro atoms. The summed E-state index contributed by atoms with van der Waals surface area (Å²) in [7, 11) is 0. The topological polar surface area (TPSA) is 78.4 Å². The van der Waals surface area contributed by atoms with Gasteiger partial charge in [0.25, 0.3) is 5.91 Å². The van der Waals surface area contributed by atoms with Gasteiger partial charge in [0.05, 0.1) is 0 Å². The van der Waals surface area contributed by atoms with Gasteiger partial charge in [0.15, 0.2) is 17.5 Å². The highest BCUT2D eigenvalue weighted by atomic mass is 19.2. The highest BCUT2D eigenvalue weighted by Crippen LogP contribution is 2.28. The second-order valence-corrected chi connectivity index (χ2v) is 7.56. The van der Waals surface area contributed by atoms with Gasteiger partial charge in [-0.25, -0.2) is 18.7 Å². The number of hydrogen-bond donors (Lipinski definition) is 3. The van der Waals surface area contributed by atoms with Gasteiger partial charge < -0.3 is 5.32 Å². The molecule has 5 nitrogen and oxygen atoms in total. The molecule has 0 aliphatic heterocycles. The van der Waals surface area contributed by atoms with E-state index in [1.54, 1.807) is 5.48 Å². The molecular formula is C22H23F3N2O3. The smallest absolute Gasteiger partial charge is 0.270 e. The molecule has 0 unspecified atom stereocenters. The van der Waals surface area contributed by atoms with E-state index in [1.807, 2.05) is 0 Å². The van der Waals surface area contributed by atoms with Gasteiger partial charge in [0.1, 0.15) is 6.04 Å². The van der Waals surface area contributed by atoms with Crippen LogP contribution in [0.2, 0.25) is 0 Å². The Hall–Kier alpha value is -2.87. The van der Waals surface area contributed by atoms with Crippen LogP contribution >= 0.6 is 0 Å². The van der Waals surface area contributed by atoms with Crippen LogP contribution in [0.25, 0.3) is 11.1 Å². The van der Waals surface area contributed by atoms with E-state index in [9.17, 15) is 22.8 Å². The van der Waals surface area contributed by atoms with Crippen LogP contribution in [0.1, 0.15) is 50.1 Å². The van der Waals surface area contributed by atoms with Crippen molar-refractivity contribution in [3.63, 3.8) is 0 Å². The van der Waals surface area contributed by atoms with Gasteiger partial charge in [0, 0.05) is 6.42 Å². The van der Waals surface area contributed by atoms with Crippen molar-refractivity contribution in [1.82, 2.24) is 10.8 Å². The lowest BCUT2D eigenvalue weighted by molar-refractivity contribution is -0.135. The summed E-state index contributed by atoms with van der Waals surface area (Å²) >= 11 is 0. The Morgan fingerprint density at radius 3 is 2.13 bits per heavy atom. The summed E-state index contributed by atoms with van der Waals surface area (Å²) < 4.78 is 40.1. The van der Waals surface area contributed by atoms with Crippen molar-refractivity contribution in [2.45, 2.75) is 44.6 Å². The molecule has 2 aromatic rings. The Labute approximate surface area is 172 Å². The average molecular weight is 420 g/mol. The van der Waals surface area contributed by atoms with Gasteiger partial charge in [-0.2, -0.15) is 0 Å². The number of benzene rings is 2. The van der Waals surface area contributed by atoms with E-state index in [0.717, 1.165) is 37.8 Å². The standard InChI is InChI=1S/C22H23F3N2O3/c23-17-11-16(12-18(24)20(17)25)14-6-8-15(9-7-14)21(22(29)27-30)26-19(28)10-13-4-2-1-3-5-13/h6-9,11-13,21,30H,1-5,10H2,(H,26,28)(H,27,29)/t21-/m1/s1. The highest BCUT2D eigenvalue weighted by molar-refractivity contribution is 5.88. The third kappa shape index (κ3) is 5.18. The third-order valence-corrected chi connectivity index (χ3v) is 5.44. The van der Waals surface area contributed by atoms with Crippen molar-refractivity contribution < 1.29 is 28.0 Å². The maximum atomic E-state index is 13.5. The van der Waals surface area contributed by atoms with Crippen molar-refractivity contribution in [2.24, 2.45) is 5.92 Å². The normalized spacial score (nSPS) is 15.5. The van der Waals surface area contributed by atoms with Crippen LogP contribution in [0.3, 0.4) is 0 Å². The van der Waals surface area contributed by atoms with E-state index in [2.05, 4.69) is 5.32 Å². The Balaban J connectivity index is 1.76. The van der Waals surface area contributed by atoms with Crippen molar-refractivity contribution in [1.29, 1.82) is 0 Å². The molecule has 0 bridgehead atoms. The maximum absolute atomic E-state index is 13.5. The first-order chi connectivity index (χ1) is 14.4.